The van der Waals surface area contributed by atoms with E-state index in [0.717, 1.165) is 43.6 Å². The topological polar surface area (TPSA) is 114 Å². The summed E-state index contributed by atoms with van der Waals surface area (Å²) >= 11 is 3.22. The lowest BCUT2D eigenvalue weighted by Gasteiger charge is -2.31. The Balaban J connectivity index is 1.42. The highest BCUT2D eigenvalue weighted by atomic mass is 32.1. The number of ether oxygens (including phenoxy) is 2. The van der Waals surface area contributed by atoms with E-state index in [1.54, 1.807) is 22.7 Å². The van der Waals surface area contributed by atoms with Crippen molar-refractivity contribution >= 4 is 44.7 Å². The number of nitrogens with one attached hydrogen (secondary N) is 2. The van der Waals surface area contributed by atoms with Gasteiger partial charge in [-0.1, -0.05) is 12.1 Å². The van der Waals surface area contributed by atoms with Crippen LogP contribution in [0.1, 0.15) is 43.1 Å². The van der Waals surface area contributed by atoms with E-state index in [2.05, 4.69) is 21.7 Å². The molecule has 4 heterocycles. The third-order valence-electron chi connectivity index (χ3n) is 6.84. The molecule has 4 aromatic rings. The molecule has 1 saturated carbocycles. The smallest absolute Gasteiger partial charge is 0.225 e. The summed E-state index contributed by atoms with van der Waals surface area (Å²) in [5.74, 6) is 0.330. The Kier molecular flexibility index (Phi) is 6.15. The summed E-state index contributed by atoms with van der Waals surface area (Å²) in [6.07, 6.45) is 1.18. The number of aryl methyl sites for hydroxylation is 2. The lowest BCUT2D eigenvalue weighted by atomic mass is 10.0. The number of aliphatic hydroxyl groups excluding tert-OH is 1. The van der Waals surface area contributed by atoms with Gasteiger partial charge in [0.15, 0.2) is 11.5 Å². The van der Waals surface area contributed by atoms with Gasteiger partial charge in [-0.15, -0.1) is 22.7 Å². The van der Waals surface area contributed by atoms with Crippen molar-refractivity contribution in [2.45, 2.75) is 64.7 Å². The van der Waals surface area contributed by atoms with Gasteiger partial charge in [-0.2, -0.15) is 4.98 Å². The van der Waals surface area contributed by atoms with Gasteiger partial charge in [0.1, 0.15) is 21.9 Å². The molecule has 194 valence electrons. The molecule has 3 unspecified atom stereocenters. The minimum atomic E-state index is -0.813. The maximum Gasteiger partial charge on any atom is 0.225 e. The van der Waals surface area contributed by atoms with E-state index in [1.807, 2.05) is 51.3 Å². The van der Waals surface area contributed by atoms with Gasteiger partial charge in [-0.05, 0) is 52.7 Å². The van der Waals surface area contributed by atoms with Crippen LogP contribution in [0.4, 0.5) is 11.8 Å². The van der Waals surface area contributed by atoms with E-state index in [9.17, 15) is 5.11 Å². The first-order chi connectivity index (χ1) is 17.7. The van der Waals surface area contributed by atoms with E-state index < -0.39 is 11.5 Å². The fourth-order valence-electron chi connectivity index (χ4n) is 5.31. The number of nitrogens with zero attached hydrogens (tertiary/aromatic N) is 4. The number of rotatable bonds is 7. The molecule has 0 radical (unpaired) electrons. The molecule has 9 nitrogen and oxygen atoms in total. The second-order valence-corrected chi connectivity index (χ2v) is 12.1. The van der Waals surface area contributed by atoms with Crippen molar-refractivity contribution in [3.05, 3.63) is 46.0 Å². The van der Waals surface area contributed by atoms with Gasteiger partial charge >= 0.3 is 0 Å². The quantitative estimate of drug-likeness (QED) is 0.296. The third-order valence-corrected chi connectivity index (χ3v) is 8.86. The summed E-state index contributed by atoms with van der Waals surface area (Å²) in [6.45, 7) is 8.35. The van der Waals surface area contributed by atoms with Gasteiger partial charge in [0, 0.05) is 23.6 Å². The van der Waals surface area contributed by atoms with Crippen LogP contribution in [0.2, 0.25) is 0 Å². The zero-order valence-electron chi connectivity index (χ0n) is 21.2. The number of aliphatic hydroxyl groups is 1. The second-order valence-electron chi connectivity index (χ2n) is 10.1. The van der Waals surface area contributed by atoms with Crippen LogP contribution in [-0.2, 0) is 16.0 Å². The average molecular weight is 539 g/mol. The minimum absolute atomic E-state index is 0.0196. The van der Waals surface area contributed by atoms with Gasteiger partial charge in [-0.3, -0.25) is 0 Å². The van der Waals surface area contributed by atoms with Crippen LogP contribution in [0.15, 0.2) is 29.6 Å². The molecule has 3 aromatic heterocycles. The molecule has 0 amide bonds. The summed E-state index contributed by atoms with van der Waals surface area (Å²) in [6, 6.07) is 8.09. The summed E-state index contributed by atoms with van der Waals surface area (Å²) in [5.41, 5.74) is 2.77. The molecule has 0 bridgehead atoms. The van der Waals surface area contributed by atoms with Gasteiger partial charge in [0.2, 0.25) is 5.95 Å². The number of anilines is 2. The highest BCUT2D eigenvalue weighted by molar-refractivity contribution is 7.21. The van der Waals surface area contributed by atoms with Gasteiger partial charge in [0.25, 0.3) is 0 Å². The van der Waals surface area contributed by atoms with Gasteiger partial charge < -0.3 is 25.2 Å². The largest absolute Gasteiger partial charge is 0.396 e. The Morgan fingerprint density at radius 2 is 1.97 bits per heavy atom. The molecule has 1 aromatic carbocycles. The number of aromatic nitrogens is 4. The fraction of sp³-hybridized carbons (Fsp3) is 0.462. The van der Waals surface area contributed by atoms with Crippen LogP contribution in [0.3, 0.4) is 0 Å². The predicted molar refractivity (Wildman–Crippen MR) is 146 cm³/mol. The van der Waals surface area contributed by atoms with E-state index >= 15 is 0 Å². The molecular weight excluding hydrogens is 508 g/mol. The normalized spacial score (nSPS) is 24.5. The number of fused-ring (bicyclic) bond motifs is 2. The van der Waals surface area contributed by atoms with Crippen molar-refractivity contribution in [1.29, 1.82) is 0 Å². The minimum Gasteiger partial charge on any atom is -0.396 e. The second kappa shape index (κ2) is 9.25. The molecule has 1 saturated heterocycles. The molecule has 3 N–H and O–H groups in total. The molecule has 11 heteroatoms. The highest BCUT2D eigenvalue weighted by Crippen LogP contribution is 2.50. The Morgan fingerprint density at radius 1 is 1.14 bits per heavy atom. The Bertz CT molecular complexity index is 1420. The van der Waals surface area contributed by atoms with Crippen LogP contribution in [0.5, 0.6) is 0 Å². The Labute approximate surface area is 223 Å². The van der Waals surface area contributed by atoms with Crippen molar-refractivity contribution in [1.82, 2.24) is 19.9 Å². The molecular formula is C26H30N6O3S2. The number of hydrogen-bond acceptors (Lipinski definition) is 11. The van der Waals surface area contributed by atoms with Gasteiger partial charge in [-0.25, -0.2) is 15.0 Å². The van der Waals surface area contributed by atoms with Crippen LogP contribution in [-0.4, -0.2) is 49.3 Å². The first kappa shape index (κ1) is 24.6. The lowest BCUT2D eigenvalue weighted by Crippen LogP contribution is -2.46. The fourth-order valence-corrected chi connectivity index (χ4v) is 7.08. The van der Waals surface area contributed by atoms with Crippen LogP contribution in [0, 0.1) is 19.8 Å². The molecule has 0 spiro atoms. The highest BCUT2D eigenvalue weighted by Gasteiger charge is 2.60. The third kappa shape index (κ3) is 4.59. The molecule has 1 aliphatic carbocycles. The van der Waals surface area contributed by atoms with Crippen LogP contribution >= 0.6 is 22.7 Å². The van der Waals surface area contributed by atoms with E-state index in [0.29, 0.717) is 24.7 Å². The number of para-hydroxylation sites is 1. The summed E-state index contributed by atoms with van der Waals surface area (Å²) in [4.78, 5) is 19.2. The summed E-state index contributed by atoms with van der Waals surface area (Å²) < 4.78 is 13.9. The Morgan fingerprint density at radius 3 is 2.73 bits per heavy atom. The van der Waals surface area contributed by atoms with E-state index in [1.165, 1.54) is 0 Å². The molecule has 2 fully saturated rings. The average Bonchev–Trinajstić information content (AvgIpc) is 3.58. The summed E-state index contributed by atoms with van der Waals surface area (Å²) in [7, 11) is 0. The standard InChI is InChI=1S/C26H30N6O3S2/c1-14-13-36-19(28-14)11-27-24-29-15(2)20(23-30-17-7-5-6-8-18(17)37-23)22(31-24)32-26-10-9-16(12-33)21(26)34-25(3,4)35-26/h5-8,13,16,21,33H,9-12H2,1-4H3,(H2,27,29,31,32). The molecule has 1 aliphatic heterocycles. The zero-order valence-corrected chi connectivity index (χ0v) is 22.9. The van der Waals surface area contributed by atoms with Crippen molar-refractivity contribution in [2.75, 3.05) is 17.2 Å². The number of benzene rings is 1. The van der Waals surface area contributed by atoms with Crippen molar-refractivity contribution < 1.29 is 14.6 Å². The molecule has 37 heavy (non-hydrogen) atoms. The first-order valence-electron chi connectivity index (χ1n) is 12.4. The zero-order chi connectivity index (χ0) is 25.8. The predicted octanol–water partition coefficient (Wildman–Crippen LogP) is 5.10. The van der Waals surface area contributed by atoms with Crippen molar-refractivity contribution in [3.8, 4) is 10.6 Å². The van der Waals surface area contributed by atoms with E-state index in [4.69, 9.17) is 24.4 Å². The van der Waals surface area contributed by atoms with Crippen molar-refractivity contribution in [3.63, 3.8) is 0 Å². The number of hydrogen-bond donors (Lipinski definition) is 3. The monoisotopic (exact) mass is 538 g/mol. The maximum atomic E-state index is 10.0. The lowest BCUT2D eigenvalue weighted by molar-refractivity contribution is -0.168. The molecule has 2 aliphatic rings. The molecule has 6 rings (SSSR count). The van der Waals surface area contributed by atoms with E-state index in [-0.39, 0.29) is 18.6 Å². The van der Waals surface area contributed by atoms with Crippen LogP contribution < -0.4 is 10.6 Å². The SMILES string of the molecule is Cc1csc(CNc2nc(C)c(-c3nc4ccccc4s3)c(NC34CCC(CO)C3OC(C)(C)O4)n2)n1. The van der Waals surface area contributed by atoms with Gasteiger partial charge in [0.05, 0.1) is 28.0 Å². The van der Waals surface area contributed by atoms with Crippen molar-refractivity contribution in [2.24, 2.45) is 5.92 Å². The first-order valence-corrected chi connectivity index (χ1v) is 14.1. The maximum absolute atomic E-state index is 10.0. The summed E-state index contributed by atoms with van der Waals surface area (Å²) in [5, 5.41) is 20.8. The Hall–Kier alpha value is -2.70. The molecule has 3 atom stereocenters. The van der Waals surface area contributed by atoms with Crippen LogP contribution in [0.25, 0.3) is 20.8 Å². The number of thiazole rings is 2.